The first-order valence-corrected chi connectivity index (χ1v) is 12.7. The van der Waals surface area contributed by atoms with Crippen molar-refractivity contribution in [2.24, 2.45) is 5.92 Å². The molecule has 3 rings (SSSR count). The van der Waals surface area contributed by atoms with Crippen LogP contribution in [0.3, 0.4) is 0 Å². The zero-order chi connectivity index (χ0) is 26.5. The fourth-order valence-electron chi connectivity index (χ4n) is 4.61. The second-order valence-electron chi connectivity index (χ2n) is 8.93. The lowest BCUT2D eigenvalue weighted by Crippen LogP contribution is -2.57. The summed E-state index contributed by atoms with van der Waals surface area (Å²) in [6.45, 7) is 2.60. The molecule has 200 valence electrons. The van der Waals surface area contributed by atoms with Crippen molar-refractivity contribution in [3.8, 4) is 0 Å². The molecular formula is C29H36O8. The smallest absolute Gasteiger partial charge is 0.305 e. The summed E-state index contributed by atoms with van der Waals surface area (Å²) in [5, 5.41) is 0. The molecule has 2 aromatic rings. The monoisotopic (exact) mass is 512 g/mol. The summed E-state index contributed by atoms with van der Waals surface area (Å²) in [6, 6.07) is 19.4. The van der Waals surface area contributed by atoms with E-state index in [-0.39, 0.29) is 45.1 Å². The van der Waals surface area contributed by atoms with Crippen LogP contribution in [0.5, 0.6) is 0 Å². The van der Waals surface area contributed by atoms with Gasteiger partial charge in [-0.2, -0.15) is 0 Å². The minimum absolute atomic E-state index is 0.0163. The molecule has 0 saturated carbocycles. The lowest BCUT2D eigenvalue weighted by molar-refractivity contribution is -0.238. The second kappa shape index (κ2) is 15.2. The van der Waals surface area contributed by atoms with Gasteiger partial charge in [-0.25, -0.2) is 0 Å². The van der Waals surface area contributed by atoms with Gasteiger partial charge in [-0.15, -0.1) is 0 Å². The van der Waals surface area contributed by atoms with E-state index in [4.69, 9.17) is 23.7 Å². The highest BCUT2D eigenvalue weighted by molar-refractivity contribution is 5.70. The molecule has 2 aromatic carbocycles. The highest BCUT2D eigenvalue weighted by Crippen LogP contribution is 2.37. The highest BCUT2D eigenvalue weighted by Gasteiger charge is 2.48. The van der Waals surface area contributed by atoms with E-state index in [1.165, 1.54) is 7.11 Å². The number of aldehydes is 1. The van der Waals surface area contributed by atoms with Gasteiger partial charge < -0.3 is 28.5 Å². The van der Waals surface area contributed by atoms with Crippen molar-refractivity contribution in [2.75, 3.05) is 13.7 Å². The molecule has 5 atom stereocenters. The van der Waals surface area contributed by atoms with Crippen LogP contribution in [0.4, 0.5) is 0 Å². The van der Waals surface area contributed by atoms with E-state index >= 15 is 0 Å². The number of carbonyl (C=O) groups excluding carboxylic acids is 3. The third-order valence-corrected chi connectivity index (χ3v) is 6.41. The second-order valence-corrected chi connectivity index (χ2v) is 8.93. The maximum atomic E-state index is 12.5. The molecule has 0 amide bonds. The molecule has 0 aromatic heterocycles. The average Bonchev–Trinajstić information content (AvgIpc) is 2.92. The molecule has 37 heavy (non-hydrogen) atoms. The third-order valence-electron chi connectivity index (χ3n) is 6.41. The lowest BCUT2D eigenvalue weighted by Gasteiger charge is -2.46. The summed E-state index contributed by atoms with van der Waals surface area (Å²) in [6.07, 6.45) is -1.03. The molecule has 1 heterocycles. The normalized spacial score (nSPS) is 23.2. The van der Waals surface area contributed by atoms with Crippen LogP contribution in [0.15, 0.2) is 60.7 Å². The Bertz CT molecular complexity index is 964. The maximum absolute atomic E-state index is 12.5. The summed E-state index contributed by atoms with van der Waals surface area (Å²) in [4.78, 5) is 36.2. The quantitative estimate of drug-likeness (QED) is 0.276. The number of hydrogen-bond acceptors (Lipinski definition) is 8. The van der Waals surface area contributed by atoms with Crippen molar-refractivity contribution < 1.29 is 38.1 Å². The van der Waals surface area contributed by atoms with Crippen LogP contribution in [0.1, 0.15) is 43.7 Å². The van der Waals surface area contributed by atoms with Crippen molar-refractivity contribution in [1.82, 2.24) is 0 Å². The molecule has 1 saturated heterocycles. The molecule has 8 nitrogen and oxygen atoms in total. The van der Waals surface area contributed by atoms with Crippen molar-refractivity contribution in [3.63, 3.8) is 0 Å². The number of methoxy groups -OCH3 is 1. The Labute approximate surface area is 218 Å². The Hall–Kier alpha value is -3.07. The summed E-state index contributed by atoms with van der Waals surface area (Å²) in [5.41, 5.74) is 1.92. The van der Waals surface area contributed by atoms with Crippen LogP contribution < -0.4 is 0 Å². The number of benzene rings is 2. The largest absolute Gasteiger partial charge is 0.469 e. The minimum Gasteiger partial charge on any atom is -0.469 e. The van der Waals surface area contributed by atoms with Crippen LogP contribution in [0.25, 0.3) is 0 Å². The zero-order valence-electron chi connectivity index (χ0n) is 21.5. The molecule has 0 bridgehead atoms. The van der Waals surface area contributed by atoms with Crippen LogP contribution in [-0.4, -0.2) is 56.4 Å². The Morgan fingerprint density at radius 3 is 2.00 bits per heavy atom. The zero-order valence-corrected chi connectivity index (χ0v) is 21.5. The number of rotatable bonds is 14. The molecule has 1 aliphatic heterocycles. The number of hydrogen-bond donors (Lipinski definition) is 0. The fourth-order valence-corrected chi connectivity index (χ4v) is 4.61. The summed E-state index contributed by atoms with van der Waals surface area (Å²) >= 11 is 0. The summed E-state index contributed by atoms with van der Waals surface area (Å²) < 4.78 is 29.2. The minimum atomic E-state index is -0.623. The van der Waals surface area contributed by atoms with Gasteiger partial charge in [0.1, 0.15) is 12.4 Å². The standard InChI is InChI=1S/C29H36O8/c1-3-34-26(31)15-14-24-23(18-27(32)33-2)28(35-19-21-10-6-4-7-11-21)29(25(37-24)16-17-30)36-20-22-12-8-5-9-13-22/h4-13,17,23-25,28-29H,3,14-16,18-20H2,1-2H3/t23-,24?,25+,28?,29?/m0/s1. The first kappa shape index (κ1) is 28.5. The Morgan fingerprint density at radius 2 is 1.46 bits per heavy atom. The third kappa shape index (κ3) is 8.77. The van der Waals surface area contributed by atoms with Crippen molar-refractivity contribution >= 4 is 18.2 Å². The van der Waals surface area contributed by atoms with Gasteiger partial charge in [-0.1, -0.05) is 60.7 Å². The van der Waals surface area contributed by atoms with E-state index in [0.717, 1.165) is 17.4 Å². The predicted octanol–water partition coefficient (Wildman–Crippen LogP) is 4.04. The number of esters is 2. The molecule has 8 heteroatoms. The van der Waals surface area contributed by atoms with E-state index < -0.39 is 36.3 Å². The van der Waals surface area contributed by atoms with E-state index in [2.05, 4.69) is 0 Å². The molecule has 1 aliphatic rings. The van der Waals surface area contributed by atoms with Gasteiger partial charge in [0, 0.05) is 18.8 Å². The van der Waals surface area contributed by atoms with Gasteiger partial charge in [0.15, 0.2) is 0 Å². The first-order chi connectivity index (χ1) is 18.0. The molecule has 0 spiro atoms. The predicted molar refractivity (Wildman–Crippen MR) is 135 cm³/mol. The van der Waals surface area contributed by atoms with Crippen molar-refractivity contribution in [3.05, 3.63) is 71.8 Å². The summed E-state index contributed by atoms with van der Waals surface area (Å²) in [5.74, 6) is -1.23. The van der Waals surface area contributed by atoms with Gasteiger partial charge >= 0.3 is 11.9 Å². The van der Waals surface area contributed by atoms with E-state index in [9.17, 15) is 14.4 Å². The maximum Gasteiger partial charge on any atom is 0.305 e. The van der Waals surface area contributed by atoms with Crippen LogP contribution in [-0.2, 0) is 51.3 Å². The van der Waals surface area contributed by atoms with Gasteiger partial charge in [-0.05, 0) is 24.5 Å². The Balaban J connectivity index is 1.90. The van der Waals surface area contributed by atoms with Crippen LogP contribution in [0, 0.1) is 5.92 Å². The molecule has 1 fully saturated rings. The Kier molecular flexibility index (Phi) is 11.7. The van der Waals surface area contributed by atoms with Crippen LogP contribution >= 0.6 is 0 Å². The Morgan fingerprint density at radius 1 is 0.865 bits per heavy atom. The molecule has 0 radical (unpaired) electrons. The lowest BCUT2D eigenvalue weighted by atomic mass is 9.81. The number of carbonyl (C=O) groups is 3. The van der Waals surface area contributed by atoms with Gasteiger partial charge in [0.2, 0.25) is 0 Å². The van der Waals surface area contributed by atoms with Crippen LogP contribution in [0.2, 0.25) is 0 Å². The number of ether oxygens (including phenoxy) is 5. The summed E-state index contributed by atoms with van der Waals surface area (Å²) in [7, 11) is 1.33. The van der Waals surface area contributed by atoms with Gasteiger partial charge in [-0.3, -0.25) is 9.59 Å². The average molecular weight is 513 g/mol. The SMILES string of the molecule is CCOC(=O)CCC1O[C@H](CC=O)C(OCc2ccccc2)C(OCc2ccccc2)[C@H]1CC(=O)OC. The molecule has 3 unspecified atom stereocenters. The fraction of sp³-hybridized carbons (Fsp3) is 0.483. The topological polar surface area (TPSA) is 97.4 Å². The van der Waals surface area contributed by atoms with Crippen molar-refractivity contribution in [1.29, 1.82) is 0 Å². The molecular weight excluding hydrogens is 476 g/mol. The van der Waals surface area contributed by atoms with E-state index in [1.54, 1.807) is 6.92 Å². The molecule has 0 N–H and O–H groups in total. The highest BCUT2D eigenvalue weighted by atomic mass is 16.6. The first-order valence-electron chi connectivity index (χ1n) is 12.7. The van der Waals surface area contributed by atoms with Gasteiger partial charge in [0.05, 0.1) is 51.7 Å². The van der Waals surface area contributed by atoms with E-state index in [1.807, 2.05) is 60.7 Å². The van der Waals surface area contributed by atoms with Crippen molar-refractivity contribution in [2.45, 2.75) is 70.2 Å². The molecule has 0 aliphatic carbocycles. The van der Waals surface area contributed by atoms with E-state index in [0.29, 0.717) is 6.42 Å². The van der Waals surface area contributed by atoms with Gasteiger partial charge in [0.25, 0.3) is 0 Å².